The van der Waals surface area contributed by atoms with Gasteiger partial charge in [0.1, 0.15) is 6.04 Å². The first kappa shape index (κ1) is 14.8. The van der Waals surface area contributed by atoms with E-state index in [4.69, 9.17) is 5.11 Å². The minimum absolute atomic E-state index is 0.205. The minimum atomic E-state index is -0.991. The molecule has 0 radical (unpaired) electrons. The average Bonchev–Trinajstić information content (AvgIpc) is 2.87. The standard InChI is InChI=1S/C14H17N3O4/c1-9(18)15-10-4-2-5-11(8-10)16-14(21)17-7-3-6-12(17)13(19)20/h2,4-5,8,12H,3,6-7H2,1H3,(H,15,18)(H,16,21)(H,19,20)/t12-/m0/s1. The van der Waals surface area contributed by atoms with Gasteiger partial charge in [0.25, 0.3) is 0 Å². The number of rotatable bonds is 3. The summed E-state index contributed by atoms with van der Waals surface area (Å²) in [4.78, 5) is 35.5. The smallest absolute Gasteiger partial charge is 0.326 e. The van der Waals surface area contributed by atoms with Crippen LogP contribution < -0.4 is 10.6 Å². The molecule has 0 spiro atoms. The van der Waals surface area contributed by atoms with Gasteiger partial charge < -0.3 is 20.6 Å². The van der Waals surface area contributed by atoms with E-state index in [0.29, 0.717) is 30.8 Å². The first-order valence-corrected chi connectivity index (χ1v) is 6.65. The highest BCUT2D eigenvalue weighted by Crippen LogP contribution is 2.20. The SMILES string of the molecule is CC(=O)Nc1cccc(NC(=O)N2CCC[C@H]2C(=O)O)c1. The Labute approximate surface area is 121 Å². The molecular weight excluding hydrogens is 274 g/mol. The fraction of sp³-hybridized carbons (Fsp3) is 0.357. The Morgan fingerprint density at radius 2 is 1.90 bits per heavy atom. The van der Waals surface area contributed by atoms with Crippen molar-refractivity contribution in [3.63, 3.8) is 0 Å². The normalized spacial score (nSPS) is 17.4. The molecule has 0 aromatic heterocycles. The van der Waals surface area contributed by atoms with Gasteiger partial charge in [-0.25, -0.2) is 9.59 Å². The molecule has 1 fully saturated rings. The lowest BCUT2D eigenvalue weighted by Gasteiger charge is -2.22. The van der Waals surface area contributed by atoms with E-state index in [-0.39, 0.29) is 5.91 Å². The third-order valence-corrected chi connectivity index (χ3v) is 3.23. The van der Waals surface area contributed by atoms with Gasteiger partial charge in [-0.05, 0) is 31.0 Å². The summed E-state index contributed by atoms with van der Waals surface area (Å²) < 4.78 is 0. The lowest BCUT2D eigenvalue weighted by atomic mass is 10.2. The van der Waals surface area contributed by atoms with Gasteiger partial charge in [0.15, 0.2) is 0 Å². The lowest BCUT2D eigenvalue weighted by Crippen LogP contribution is -2.42. The van der Waals surface area contributed by atoms with Crippen LogP contribution in [-0.4, -0.2) is 40.5 Å². The third kappa shape index (κ3) is 3.71. The zero-order valence-corrected chi connectivity index (χ0v) is 11.6. The summed E-state index contributed by atoms with van der Waals surface area (Å²) in [6.07, 6.45) is 1.14. The fourth-order valence-corrected chi connectivity index (χ4v) is 2.34. The number of carbonyl (C=O) groups is 3. The minimum Gasteiger partial charge on any atom is -0.480 e. The second kappa shape index (κ2) is 6.25. The average molecular weight is 291 g/mol. The Balaban J connectivity index is 2.05. The van der Waals surface area contributed by atoms with Gasteiger partial charge in [0.2, 0.25) is 5.91 Å². The van der Waals surface area contributed by atoms with Gasteiger partial charge in [-0.15, -0.1) is 0 Å². The summed E-state index contributed by atoms with van der Waals surface area (Å²) in [5, 5.41) is 14.3. The van der Waals surface area contributed by atoms with Crippen molar-refractivity contribution in [2.75, 3.05) is 17.2 Å². The molecule has 1 heterocycles. The predicted octanol–water partition coefficient (Wildman–Crippen LogP) is 1.73. The van der Waals surface area contributed by atoms with E-state index in [2.05, 4.69) is 10.6 Å². The summed E-state index contributed by atoms with van der Waals surface area (Å²) in [6.45, 7) is 1.82. The number of carbonyl (C=O) groups excluding carboxylic acids is 2. The zero-order valence-electron chi connectivity index (χ0n) is 11.6. The van der Waals surface area contributed by atoms with Crippen LogP contribution in [0, 0.1) is 0 Å². The highest BCUT2D eigenvalue weighted by atomic mass is 16.4. The molecule has 1 aliphatic heterocycles. The van der Waals surface area contributed by atoms with E-state index in [1.807, 2.05) is 0 Å². The first-order valence-electron chi connectivity index (χ1n) is 6.65. The number of aliphatic carboxylic acids is 1. The molecule has 1 aliphatic rings. The summed E-state index contributed by atoms with van der Waals surface area (Å²) in [6, 6.07) is 5.47. The van der Waals surface area contributed by atoms with Gasteiger partial charge in [0.05, 0.1) is 0 Å². The van der Waals surface area contributed by atoms with E-state index < -0.39 is 18.0 Å². The van der Waals surface area contributed by atoms with Crippen LogP contribution in [0.5, 0.6) is 0 Å². The number of likely N-dealkylation sites (tertiary alicyclic amines) is 1. The van der Waals surface area contributed by atoms with Crippen LogP contribution >= 0.6 is 0 Å². The molecule has 1 aromatic carbocycles. The number of carboxylic acids is 1. The molecule has 0 unspecified atom stereocenters. The Hall–Kier alpha value is -2.57. The van der Waals surface area contributed by atoms with Crippen LogP contribution in [0.1, 0.15) is 19.8 Å². The number of anilines is 2. The fourth-order valence-electron chi connectivity index (χ4n) is 2.34. The largest absolute Gasteiger partial charge is 0.480 e. The van der Waals surface area contributed by atoms with Crippen LogP contribution in [0.15, 0.2) is 24.3 Å². The Morgan fingerprint density at radius 3 is 2.52 bits per heavy atom. The van der Waals surface area contributed by atoms with Crippen LogP contribution in [0.3, 0.4) is 0 Å². The number of nitrogens with one attached hydrogen (secondary N) is 2. The van der Waals surface area contributed by atoms with Gasteiger partial charge in [0, 0.05) is 24.8 Å². The van der Waals surface area contributed by atoms with Crippen LogP contribution in [0.4, 0.5) is 16.2 Å². The molecule has 1 atom stereocenters. The summed E-state index contributed by atoms with van der Waals surface area (Å²) >= 11 is 0. The molecule has 3 amide bonds. The monoisotopic (exact) mass is 291 g/mol. The van der Waals surface area contributed by atoms with Crippen molar-refractivity contribution in [1.29, 1.82) is 0 Å². The number of urea groups is 1. The van der Waals surface area contributed by atoms with E-state index >= 15 is 0 Å². The number of benzene rings is 1. The number of amides is 3. The molecule has 7 heteroatoms. The van der Waals surface area contributed by atoms with Crippen molar-refractivity contribution < 1.29 is 19.5 Å². The molecule has 21 heavy (non-hydrogen) atoms. The lowest BCUT2D eigenvalue weighted by molar-refractivity contribution is -0.141. The maximum Gasteiger partial charge on any atom is 0.326 e. The molecule has 0 aliphatic carbocycles. The third-order valence-electron chi connectivity index (χ3n) is 3.23. The van der Waals surface area contributed by atoms with Crippen molar-refractivity contribution in [2.45, 2.75) is 25.8 Å². The molecule has 3 N–H and O–H groups in total. The van der Waals surface area contributed by atoms with Crippen molar-refractivity contribution in [2.24, 2.45) is 0 Å². The van der Waals surface area contributed by atoms with Crippen LogP contribution in [-0.2, 0) is 9.59 Å². The Morgan fingerprint density at radius 1 is 1.24 bits per heavy atom. The molecule has 0 bridgehead atoms. The predicted molar refractivity (Wildman–Crippen MR) is 77.1 cm³/mol. The van der Waals surface area contributed by atoms with Gasteiger partial charge in [-0.3, -0.25) is 4.79 Å². The van der Waals surface area contributed by atoms with E-state index in [9.17, 15) is 14.4 Å². The topological polar surface area (TPSA) is 98.7 Å². The highest BCUT2D eigenvalue weighted by molar-refractivity contribution is 5.94. The molecule has 2 rings (SSSR count). The number of nitrogens with zero attached hydrogens (tertiary/aromatic N) is 1. The molecule has 1 aromatic rings. The molecule has 1 saturated heterocycles. The van der Waals surface area contributed by atoms with Gasteiger partial charge in [-0.2, -0.15) is 0 Å². The van der Waals surface area contributed by atoms with E-state index in [1.165, 1.54) is 11.8 Å². The Kier molecular flexibility index (Phi) is 4.42. The second-order valence-electron chi connectivity index (χ2n) is 4.88. The zero-order chi connectivity index (χ0) is 15.4. The molecular formula is C14H17N3O4. The van der Waals surface area contributed by atoms with Crippen LogP contribution in [0.2, 0.25) is 0 Å². The number of carboxylic acid groups (broad SMARTS) is 1. The molecule has 112 valence electrons. The van der Waals surface area contributed by atoms with Crippen molar-refractivity contribution in [3.05, 3.63) is 24.3 Å². The summed E-state index contributed by atoms with van der Waals surface area (Å²) in [5.41, 5.74) is 1.07. The maximum absolute atomic E-state index is 12.1. The van der Waals surface area contributed by atoms with Crippen molar-refractivity contribution in [3.8, 4) is 0 Å². The van der Waals surface area contributed by atoms with Crippen LogP contribution in [0.25, 0.3) is 0 Å². The number of hydrogen-bond acceptors (Lipinski definition) is 3. The van der Waals surface area contributed by atoms with Gasteiger partial charge in [-0.1, -0.05) is 6.07 Å². The maximum atomic E-state index is 12.1. The highest BCUT2D eigenvalue weighted by Gasteiger charge is 2.33. The summed E-state index contributed by atoms with van der Waals surface area (Å²) in [5.74, 6) is -1.20. The van der Waals surface area contributed by atoms with E-state index in [0.717, 1.165) is 0 Å². The van der Waals surface area contributed by atoms with Gasteiger partial charge >= 0.3 is 12.0 Å². The number of hydrogen-bond donors (Lipinski definition) is 3. The second-order valence-corrected chi connectivity index (χ2v) is 4.88. The van der Waals surface area contributed by atoms with Crippen molar-refractivity contribution in [1.82, 2.24) is 4.90 Å². The quantitative estimate of drug-likeness (QED) is 0.789. The summed E-state index contributed by atoms with van der Waals surface area (Å²) in [7, 11) is 0. The van der Waals surface area contributed by atoms with Crippen molar-refractivity contribution >= 4 is 29.3 Å². The molecule has 0 saturated carbocycles. The Bertz CT molecular complexity index is 573. The first-order chi connectivity index (χ1) is 9.97. The van der Waals surface area contributed by atoms with E-state index in [1.54, 1.807) is 24.3 Å². The molecule has 7 nitrogen and oxygen atoms in total.